The van der Waals surface area contributed by atoms with Crippen LogP contribution in [0.4, 0.5) is 5.69 Å². The van der Waals surface area contributed by atoms with E-state index in [-0.39, 0.29) is 11.3 Å². The molecule has 0 aliphatic heterocycles. The highest BCUT2D eigenvalue weighted by molar-refractivity contribution is 5.90. The Bertz CT molecular complexity index is 876. The molecular weight excluding hydrogens is 286 g/mol. The van der Waals surface area contributed by atoms with Crippen LogP contribution in [0.3, 0.4) is 0 Å². The number of aromatic carboxylic acids is 1. The fraction of sp³-hybridized carbons (Fsp3) is 0. The molecule has 0 atom stereocenters. The molecule has 0 spiro atoms. The van der Waals surface area contributed by atoms with E-state index < -0.39 is 10.9 Å². The number of benzene rings is 2. The maximum Gasteiger partial charge on any atom is 0.335 e. The molecule has 3 aromatic rings. The average molecular weight is 295 g/mol. The fourth-order valence-electron chi connectivity index (χ4n) is 2.08. The van der Waals surface area contributed by atoms with Crippen LogP contribution in [0.25, 0.3) is 22.3 Å². The van der Waals surface area contributed by atoms with Gasteiger partial charge in [-0.1, -0.05) is 12.1 Å². The number of aromatic nitrogens is 2. The van der Waals surface area contributed by atoms with Gasteiger partial charge in [0.2, 0.25) is 0 Å². The predicted octanol–water partition coefficient (Wildman–Crippen LogP) is 2.90. The first-order valence-corrected chi connectivity index (χ1v) is 6.29. The molecule has 0 saturated carbocycles. The summed E-state index contributed by atoms with van der Waals surface area (Å²) in [6.45, 7) is 0. The first kappa shape index (κ1) is 13.6. The number of rotatable bonds is 3. The van der Waals surface area contributed by atoms with Gasteiger partial charge in [0, 0.05) is 17.7 Å². The lowest BCUT2D eigenvalue weighted by atomic mass is 10.1. The zero-order valence-corrected chi connectivity index (χ0v) is 11.1. The molecule has 1 heterocycles. The van der Waals surface area contributed by atoms with Gasteiger partial charge in [0.15, 0.2) is 0 Å². The van der Waals surface area contributed by atoms with Crippen LogP contribution >= 0.6 is 0 Å². The summed E-state index contributed by atoms with van der Waals surface area (Å²) >= 11 is 0. The number of carbonyl (C=O) groups is 1. The molecule has 0 amide bonds. The number of nitro groups is 1. The molecule has 1 aromatic heterocycles. The monoisotopic (exact) mass is 295 g/mol. The van der Waals surface area contributed by atoms with Gasteiger partial charge in [-0.3, -0.25) is 15.1 Å². The summed E-state index contributed by atoms with van der Waals surface area (Å²) in [5, 5.41) is 20.0. The second kappa shape index (κ2) is 5.21. The predicted molar refractivity (Wildman–Crippen MR) is 78.6 cm³/mol. The zero-order chi connectivity index (χ0) is 15.7. The topological polar surface area (TPSA) is 106 Å². The number of fused-ring (bicyclic) bond motifs is 1. The number of nitrogens with zero attached hydrogens (tertiary/aromatic N) is 3. The van der Waals surface area contributed by atoms with Gasteiger partial charge in [0.05, 0.1) is 33.4 Å². The van der Waals surface area contributed by atoms with Gasteiger partial charge in [-0.25, -0.2) is 9.78 Å². The van der Waals surface area contributed by atoms with Crippen LogP contribution < -0.4 is 0 Å². The Morgan fingerprint density at radius 2 is 1.86 bits per heavy atom. The quantitative estimate of drug-likeness (QED) is 0.588. The molecule has 0 bridgehead atoms. The van der Waals surface area contributed by atoms with Crippen molar-refractivity contribution in [2.24, 2.45) is 0 Å². The Morgan fingerprint density at radius 1 is 1.14 bits per heavy atom. The second-order valence-corrected chi connectivity index (χ2v) is 4.57. The minimum atomic E-state index is -1.24. The van der Waals surface area contributed by atoms with Gasteiger partial charge < -0.3 is 5.11 Å². The molecular formula is C15H9N3O4. The molecule has 0 aliphatic rings. The maximum atomic E-state index is 11.1. The first-order valence-electron chi connectivity index (χ1n) is 6.29. The Balaban J connectivity index is 2.20. The van der Waals surface area contributed by atoms with Crippen LogP contribution in [0, 0.1) is 10.1 Å². The third-order valence-corrected chi connectivity index (χ3v) is 3.12. The van der Waals surface area contributed by atoms with Gasteiger partial charge in [-0.05, 0) is 18.2 Å². The van der Waals surface area contributed by atoms with Crippen LogP contribution in [-0.4, -0.2) is 26.0 Å². The van der Waals surface area contributed by atoms with Crippen molar-refractivity contribution in [2.75, 3.05) is 0 Å². The Hall–Kier alpha value is -3.35. The van der Waals surface area contributed by atoms with Gasteiger partial charge in [-0.15, -0.1) is 0 Å². The van der Waals surface area contributed by atoms with Crippen molar-refractivity contribution in [3.05, 3.63) is 64.3 Å². The van der Waals surface area contributed by atoms with Crippen LogP contribution in [0.2, 0.25) is 0 Å². The third kappa shape index (κ3) is 2.47. The van der Waals surface area contributed by atoms with E-state index in [0.717, 1.165) is 6.07 Å². The summed E-state index contributed by atoms with van der Waals surface area (Å²) < 4.78 is 0. The summed E-state index contributed by atoms with van der Waals surface area (Å²) in [5.74, 6) is -1.24. The van der Waals surface area contributed by atoms with E-state index >= 15 is 0 Å². The summed E-state index contributed by atoms with van der Waals surface area (Å²) in [7, 11) is 0. The highest BCUT2D eigenvalue weighted by Gasteiger charge is 2.15. The van der Waals surface area contributed by atoms with Crippen molar-refractivity contribution in [2.45, 2.75) is 0 Å². The Morgan fingerprint density at radius 3 is 2.55 bits per heavy atom. The van der Waals surface area contributed by atoms with E-state index in [1.807, 2.05) is 6.07 Å². The van der Waals surface area contributed by atoms with E-state index in [0.29, 0.717) is 22.3 Å². The lowest BCUT2D eigenvalue weighted by molar-refractivity contribution is -0.384. The summed E-state index contributed by atoms with van der Waals surface area (Å²) in [4.78, 5) is 30.0. The van der Waals surface area contributed by atoms with Gasteiger partial charge in [-0.2, -0.15) is 0 Å². The van der Waals surface area contributed by atoms with Crippen LogP contribution in [0.1, 0.15) is 10.4 Å². The normalized spacial score (nSPS) is 10.5. The van der Waals surface area contributed by atoms with Crippen LogP contribution in [-0.2, 0) is 0 Å². The van der Waals surface area contributed by atoms with Crippen molar-refractivity contribution in [3.8, 4) is 11.3 Å². The van der Waals surface area contributed by atoms with Gasteiger partial charge in [0.1, 0.15) is 0 Å². The minimum Gasteiger partial charge on any atom is -0.478 e. The lowest BCUT2D eigenvalue weighted by Crippen LogP contribution is -2.00. The number of hydrogen-bond acceptors (Lipinski definition) is 5. The molecule has 0 saturated heterocycles. The number of carboxylic acid groups (broad SMARTS) is 1. The molecule has 7 heteroatoms. The Labute approximate surface area is 124 Å². The third-order valence-electron chi connectivity index (χ3n) is 3.12. The van der Waals surface area contributed by atoms with Crippen LogP contribution in [0.15, 0.2) is 48.7 Å². The van der Waals surface area contributed by atoms with E-state index in [1.54, 1.807) is 18.2 Å². The summed E-state index contributed by atoms with van der Waals surface area (Å²) in [6, 6.07) is 10.8. The molecule has 0 unspecified atom stereocenters. The highest BCUT2D eigenvalue weighted by atomic mass is 16.6. The Kier molecular flexibility index (Phi) is 3.23. The minimum absolute atomic E-state index is 0.167. The maximum absolute atomic E-state index is 11.1. The molecule has 22 heavy (non-hydrogen) atoms. The molecule has 0 aliphatic carbocycles. The molecule has 3 rings (SSSR count). The summed E-state index contributed by atoms with van der Waals surface area (Å²) in [6.07, 6.45) is 1.47. The fourth-order valence-corrected chi connectivity index (χ4v) is 2.08. The smallest absolute Gasteiger partial charge is 0.335 e. The summed E-state index contributed by atoms with van der Waals surface area (Å²) in [5.41, 5.74) is 1.57. The number of non-ortho nitro benzene ring substituents is 1. The van der Waals surface area contributed by atoms with E-state index in [4.69, 9.17) is 5.11 Å². The number of carboxylic acids is 1. The molecule has 1 N–H and O–H groups in total. The number of nitro benzene ring substituents is 1. The largest absolute Gasteiger partial charge is 0.478 e. The zero-order valence-electron chi connectivity index (χ0n) is 11.1. The van der Waals surface area contributed by atoms with E-state index in [9.17, 15) is 14.9 Å². The van der Waals surface area contributed by atoms with Crippen LogP contribution in [0.5, 0.6) is 0 Å². The second-order valence-electron chi connectivity index (χ2n) is 4.57. The van der Waals surface area contributed by atoms with Crippen molar-refractivity contribution >= 4 is 22.7 Å². The standard InChI is InChI=1S/C15H9N3O4/c19-15(20)10-5-9(6-11(7-10)18(21)22)14-8-16-12-3-1-2-4-13(12)17-14/h1-8H,(H,19,20). The molecule has 108 valence electrons. The van der Waals surface area contributed by atoms with E-state index in [2.05, 4.69) is 9.97 Å². The van der Waals surface area contributed by atoms with Crippen molar-refractivity contribution in [3.63, 3.8) is 0 Å². The molecule has 7 nitrogen and oxygen atoms in total. The number of para-hydroxylation sites is 2. The highest BCUT2D eigenvalue weighted by Crippen LogP contribution is 2.25. The lowest BCUT2D eigenvalue weighted by Gasteiger charge is -2.04. The van der Waals surface area contributed by atoms with Crippen molar-refractivity contribution < 1.29 is 14.8 Å². The molecule has 0 radical (unpaired) electrons. The van der Waals surface area contributed by atoms with Gasteiger partial charge >= 0.3 is 5.97 Å². The molecule has 2 aromatic carbocycles. The first-order chi connectivity index (χ1) is 10.5. The number of hydrogen-bond donors (Lipinski definition) is 1. The average Bonchev–Trinajstić information content (AvgIpc) is 2.53. The van der Waals surface area contributed by atoms with Crippen molar-refractivity contribution in [1.29, 1.82) is 0 Å². The van der Waals surface area contributed by atoms with Gasteiger partial charge in [0.25, 0.3) is 5.69 Å². The van der Waals surface area contributed by atoms with Crippen molar-refractivity contribution in [1.82, 2.24) is 9.97 Å². The van der Waals surface area contributed by atoms with E-state index in [1.165, 1.54) is 18.3 Å². The SMILES string of the molecule is O=C(O)c1cc(-c2cnc3ccccc3n2)cc([N+](=O)[O-])c1. The molecule has 0 fully saturated rings.